The Morgan fingerprint density at radius 1 is 1.28 bits per heavy atom. The minimum absolute atomic E-state index is 0.292. The molecule has 2 N–H and O–H groups in total. The van der Waals surface area contributed by atoms with Gasteiger partial charge in [0.2, 0.25) is 0 Å². The normalized spacial score (nSPS) is 16.4. The molecule has 1 aliphatic rings. The lowest BCUT2D eigenvalue weighted by Crippen LogP contribution is -2.46. The van der Waals surface area contributed by atoms with Crippen LogP contribution in [0.3, 0.4) is 0 Å². The Kier molecular flexibility index (Phi) is 8.20. The van der Waals surface area contributed by atoms with Crippen LogP contribution in [0.5, 0.6) is 11.5 Å². The lowest BCUT2D eigenvalue weighted by Gasteiger charge is -2.30. The van der Waals surface area contributed by atoms with Crippen molar-refractivity contribution in [1.29, 1.82) is 0 Å². The number of ether oxygens (including phenoxy) is 3. The van der Waals surface area contributed by atoms with Gasteiger partial charge in [0.1, 0.15) is 0 Å². The van der Waals surface area contributed by atoms with E-state index in [0.29, 0.717) is 46.4 Å². The first-order chi connectivity index (χ1) is 13.8. The van der Waals surface area contributed by atoms with E-state index in [9.17, 15) is 9.59 Å². The van der Waals surface area contributed by atoms with Crippen LogP contribution in [0, 0.1) is 0 Å². The largest absolute Gasteiger partial charge is 0.493 e. The standard InChI is InChI=1S/C21H29ClN2O5/c1-6-8-9-15-17(20(25)29-12(3)4)18(24-21(26)23-15)13-10-14(22)19(28-7-2)16(11-13)27-5/h10-12,18H,6-9H2,1-5H3,(H2,23,24,26). The molecule has 1 aromatic carbocycles. The summed E-state index contributed by atoms with van der Waals surface area (Å²) in [5, 5.41) is 5.91. The van der Waals surface area contributed by atoms with Crippen LogP contribution in [0.1, 0.15) is 58.6 Å². The number of amides is 2. The van der Waals surface area contributed by atoms with Crippen molar-refractivity contribution in [1.82, 2.24) is 10.6 Å². The smallest absolute Gasteiger partial charge is 0.338 e. The van der Waals surface area contributed by atoms with E-state index in [4.69, 9.17) is 25.8 Å². The molecule has 0 spiro atoms. The Bertz CT molecular complexity index is 792. The number of rotatable bonds is 9. The molecule has 0 saturated carbocycles. The Morgan fingerprint density at radius 3 is 2.59 bits per heavy atom. The fourth-order valence-corrected chi connectivity index (χ4v) is 3.40. The highest BCUT2D eigenvalue weighted by molar-refractivity contribution is 6.32. The molecule has 7 nitrogen and oxygen atoms in total. The number of carbonyl (C=O) groups is 2. The van der Waals surface area contributed by atoms with Crippen molar-refractivity contribution in [3.05, 3.63) is 34.0 Å². The zero-order chi connectivity index (χ0) is 21.6. The highest BCUT2D eigenvalue weighted by Gasteiger charge is 2.34. The first-order valence-electron chi connectivity index (χ1n) is 9.84. The second-order valence-corrected chi connectivity index (χ2v) is 7.36. The summed E-state index contributed by atoms with van der Waals surface area (Å²) in [5.74, 6) is 0.364. The Balaban J connectivity index is 2.58. The average molecular weight is 425 g/mol. The third-order valence-corrected chi connectivity index (χ3v) is 4.65. The summed E-state index contributed by atoms with van der Waals surface area (Å²) < 4.78 is 16.4. The number of esters is 1. The van der Waals surface area contributed by atoms with Gasteiger partial charge in [0.15, 0.2) is 11.5 Å². The first-order valence-corrected chi connectivity index (χ1v) is 10.2. The molecule has 0 aliphatic carbocycles. The molecular formula is C21H29ClN2O5. The average Bonchev–Trinajstić information content (AvgIpc) is 2.66. The van der Waals surface area contributed by atoms with Crippen molar-refractivity contribution >= 4 is 23.6 Å². The van der Waals surface area contributed by atoms with Gasteiger partial charge in [-0.3, -0.25) is 0 Å². The predicted molar refractivity (Wildman–Crippen MR) is 111 cm³/mol. The lowest BCUT2D eigenvalue weighted by atomic mass is 9.93. The Hall–Kier alpha value is -2.41. The summed E-state index contributed by atoms with van der Waals surface area (Å²) >= 11 is 6.41. The number of carbonyl (C=O) groups excluding carboxylic acids is 2. The minimum atomic E-state index is -0.719. The summed E-state index contributed by atoms with van der Waals surface area (Å²) in [7, 11) is 1.51. The van der Waals surface area contributed by atoms with Crippen molar-refractivity contribution in [2.24, 2.45) is 0 Å². The number of allylic oxidation sites excluding steroid dienone is 1. The van der Waals surface area contributed by atoms with Crippen molar-refractivity contribution < 1.29 is 23.8 Å². The molecule has 0 radical (unpaired) electrons. The minimum Gasteiger partial charge on any atom is -0.493 e. The van der Waals surface area contributed by atoms with E-state index in [0.717, 1.165) is 12.8 Å². The fourth-order valence-electron chi connectivity index (χ4n) is 3.13. The molecule has 1 atom stereocenters. The maximum atomic E-state index is 12.9. The zero-order valence-electron chi connectivity index (χ0n) is 17.6. The second-order valence-electron chi connectivity index (χ2n) is 6.95. The molecule has 0 aromatic heterocycles. The molecular weight excluding hydrogens is 396 g/mol. The van der Waals surface area contributed by atoms with E-state index in [2.05, 4.69) is 10.6 Å². The number of halogens is 1. The van der Waals surface area contributed by atoms with E-state index in [1.807, 2.05) is 13.8 Å². The van der Waals surface area contributed by atoms with Gasteiger partial charge in [0.25, 0.3) is 0 Å². The maximum Gasteiger partial charge on any atom is 0.338 e. The molecule has 2 amide bonds. The van der Waals surface area contributed by atoms with Gasteiger partial charge in [-0.1, -0.05) is 24.9 Å². The predicted octanol–water partition coefficient (Wildman–Crippen LogP) is 4.50. The van der Waals surface area contributed by atoms with Gasteiger partial charge >= 0.3 is 12.0 Å². The number of benzene rings is 1. The van der Waals surface area contributed by atoms with E-state index in [1.54, 1.807) is 26.0 Å². The van der Waals surface area contributed by atoms with Crippen molar-refractivity contribution in [3.63, 3.8) is 0 Å². The molecule has 1 heterocycles. The number of hydrogen-bond acceptors (Lipinski definition) is 5. The molecule has 160 valence electrons. The topological polar surface area (TPSA) is 85.9 Å². The van der Waals surface area contributed by atoms with E-state index in [-0.39, 0.29) is 12.1 Å². The van der Waals surface area contributed by atoms with Crippen LogP contribution in [-0.4, -0.2) is 31.8 Å². The monoisotopic (exact) mass is 424 g/mol. The van der Waals surface area contributed by atoms with Crippen LogP contribution in [0.4, 0.5) is 4.79 Å². The maximum absolute atomic E-state index is 12.9. The number of unbranched alkanes of at least 4 members (excludes halogenated alkanes) is 1. The van der Waals surface area contributed by atoms with E-state index >= 15 is 0 Å². The van der Waals surface area contributed by atoms with Crippen LogP contribution in [0.25, 0.3) is 0 Å². The van der Waals surface area contributed by atoms with E-state index < -0.39 is 12.0 Å². The van der Waals surface area contributed by atoms with E-state index in [1.165, 1.54) is 7.11 Å². The summed E-state index contributed by atoms with van der Waals surface area (Å²) in [6.07, 6.45) is 2.02. The van der Waals surface area contributed by atoms with Gasteiger partial charge in [-0.2, -0.15) is 0 Å². The Labute approximate surface area is 176 Å². The fraction of sp³-hybridized carbons (Fsp3) is 0.524. The lowest BCUT2D eigenvalue weighted by molar-refractivity contribution is -0.143. The number of urea groups is 1. The van der Waals surface area contributed by atoms with Crippen LogP contribution >= 0.6 is 11.6 Å². The van der Waals surface area contributed by atoms with Gasteiger partial charge in [0.05, 0.1) is 36.5 Å². The van der Waals surface area contributed by atoms with Crippen LogP contribution < -0.4 is 20.1 Å². The molecule has 0 saturated heterocycles. The molecule has 0 bridgehead atoms. The third kappa shape index (κ3) is 5.56. The third-order valence-electron chi connectivity index (χ3n) is 4.37. The van der Waals surface area contributed by atoms with Gasteiger partial charge in [-0.15, -0.1) is 0 Å². The van der Waals surface area contributed by atoms with Gasteiger partial charge in [-0.05, 0) is 51.3 Å². The molecule has 1 unspecified atom stereocenters. The molecule has 2 rings (SSSR count). The van der Waals surface area contributed by atoms with Crippen molar-refractivity contribution in [2.75, 3.05) is 13.7 Å². The van der Waals surface area contributed by atoms with Crippen LogP contribution in [0.15, 0.2) is 23.4 Å². The molecule has 8 heteroatoms. The Morgan fingerprint density at radius 2 is 2.00 bits per heavy atom. The molecule has 29 heavy (non-hydrogen) atoms. The molecule has 0 fully saturated rings. The van der Waals surface area contributed by atoms with Gasteiger partial charge < -0.3 is 24.8 Å². The first kappa shape index (κ1) is 22.9. The second kappa shape index (κ2) is 10.4. The van der Waals surface area contributed by atoms with Gasteiger partial charge in [0, 0.05) is 5.70 Å². The van der Waals surface area contributed by atoms with Crippen molar-refractivity contribution in [2.45, 2.75) is 59.1 Å². The molecule has 1 aromatic rings. The van der Waals surface area contributed by atoms with Crippen molar-refractivity contribution in [3.8, 4) is 11.5 Å². The zero-order valence-corrected chi connectivity index (χ0v) is 18.3. The highest BCUT2D eigenvalue weighted by atomic mass is 35.5. The highest BCUT2D eigenvalue weighted by Crippen LogP contribution is 2.40. The van der Waals surface area contributed by atoms with Crippen LogP contribution in [0.2, 0.25) is 5.02 Å². The van der Waals surface area contributed by atoms with Gasteiger partial charge in [-0.25, -0.2) is 9.59 Å². The summed E-state index contributed by atoms with van der Waals surface area (Å²) in [6, 6.07) is 2.29. The summed E-state index contributed by atoms with van der Waals surface area (Å²) in [4.78, 5) is 25.2. The SMILES string of the molecule is CCCCC1=C(C(=O)OC(C)C)C(c2cc(Cl)c(OCC)c(OC)c2)NC(=O)N1. The quantitative estimate of drug-likeness (QED) is 0.570. The molecule has 1 aliphatic heterocycles. The van der Waals surface area contributed by atoms with Crippen LogP contribution in [-0.2, 0) is 9.53 Å². The number of nitrogens with one attached hydrogen (secondary N) is 2. The summed E-state index contributed by atoms with van der Waals surface area (Å²) in [5.41, 5.74) is 1.54. The number of methoxy groups -OCH3 is 1. The summed E-state index contributed by atoms with van der Waals surface area (Å²) in [6.45, 7) is 7.88. The number of hydrogen-bond donors (Lipinski definition) is 2.